The van der Waals surface area contributed by atoms with Crippen LogP contribution in [0.1, 0.15) is 69.7 Å². The van der Waals surface area contributed by atoms with Crippen LogP contribution in [0.15, 0.2) is 16.7 Å². The van der Waals surface area contributed by atoms with Gasteiger partial charge in [-0.25, -0.2) is 0 Å². The van der Waals surface area contributed by atoms with Crippen LogP contribution in [0.3, 0.4) is 0 Å². The highest BCUT2D eigenvalue weighted by molar-refractivity contribution is 5.99. The van der Waals surface area contributed by atoms with Gasteiger partial charge in [-0.2, -0.15) is 0 Å². The molecule has 142 valence electrons. The summed E-state index contributed by atoms with van der Waals surface area (Å²) in [6.07, 6.45) is 1.71. The molecule has 3 rings (SSSR count). The first-order chi connectivity index (χ1) is 12.2. The Kier molecular flexibility index (Phi) is 4.71. The van der Waals surface area contributed by atoms with E-state index in [4.69, 9.17) is 13.9 Å². The Labute approximate surface area is 153 Å². The number of hydrogen-bond donors (Lipinski definition) is 0. The number of Topliss-reactive ketones (excluding diaryl/α,β-unsaturated/α-hetero) is 1. The molecule has 0 aliphatic heterocycles. The van der Waals surface area contributed by atoms with Crippen LogP contribution in [-0.4, -0.2) is 23.8 Å². The summed E-state index contributed by atoms with van der Waals surface area (Å²) < 4.78 is 16.8. The number of carbonyl (C=O) groups is 3. The zero-order chi connectivity index (χ0) is 19.2. The van der Waals surface area contributed by atoms with Crippen molar-refractivity contribution in [3.63, 3.8) is 0 Å². The lowest BCUT2D eigenvalue weighted by Crippen LogP contribution is -2.55. The minimum Gasteiger partial charge on any atom is -0.462 e. The standard InChI is InChI=1S/C20H26O6/c1-10(2)19(23)26-18-13-8-9-24-17(13)16(22)14-6-7-15(25-12(4)21)11(3)20(14,18)5/h8-11,14-15,18H,6-7H2,1-5H3. The number of esters is 2. The molecule has 0 radical (unpaired) electrons. The van der Waals surface area contributed by atoms with E-state index in [1.54, 1.807) is 19.9 Å². The van der Waals surface area contributed by atoms with E-state index in [9.17, 15) is 14.4 Å². The van der Waals surface area contributed by atoms with Gasteiger partial charge in [0.25, 0.3) is 0 Å². The first-order valence-corrected chi connectivity index (χ1v) is 9.17. The second-order valence-corrected chi connectivity index (χ2v) is 7.97. The van der Waals surface area contributed by atoms with E-state index in [2.05, 4.69) is 0 Å². The predicted octanol–water partition coefficient (Wildman–Crippen LogP) is 3.70. The highest BCUT2D eigenvalue weighted by atomic mass is 16.6. The second kappa shape index (κ2) is 6.56. The number of ketones is 1. The monoisotopic (exact) mass is 362 g/mol. The number of furan rings is 1. The molecule has 0 saturated heterocycles. The van der Waals surface area contributed by atoms with Crippen LogP contribution < -0.4 is 0 Å². The number of fused-ring (bicyclic) bond motifs is 2. The van der Waals surface area contributed by atoms with Crippen LogP contribution in [-0.2, 0) is 19.1 Å². The Bertz CT molecular complexity index is 732. The Morgan fingerprint density at radius 2 is 1.96 bits per heavy atom. The van der Waals surface area contributed by atoms with Crippen molar-refractivity contribution < 1.29 is 28.3 Å². The molecule has 0 bridgehead atoms. The zero-order valence-electron chi connectivity index (χ0n) is 15.9. The van der Waals surface area contributed by atoms with Crippen LogP contribution in [0.4, 0.5) is 0 Å². The van der Waals surface area contributed by atoms with Crippen molar-refractivity contribution in [2.24, 2.45) is 23.2 Å². The SMILES string of the molecule is CC(=O)OC1CCC2C(=O)c3occc3C(OC(=O)C(C)C)C2(C)C1C. The molecular formula is C20H26O6. The zero-order valence-corrected chi connectivity index (χ0v) is 15.9. The van der Waals surface area contributed by atoms with E-state index < -0.39 is 11.5 Å². The van der Waals surface area contributed by atoms with Gasteiger partial charge >= 0.3 is 11.9 Å². The number of rotatable bonds is 3. The summed E-state index contributed by atoms with van der Waals surface area (Å²) in [6.45, 7) is 8.87. The first-order valence-electron chi connectivity index (χ1n) is 9.17. The van der Waals surface area contributed by atoms with Crippen molar-refractivity contribution in [1.82, 2.24) is 0 Å². The molecule has 0 spiro atoms. The fourth-order valence-electron chi connectivity index (χ4n) is 4.48. The van der Waals surface area contributed by atoms with Gasteiger partial charge < -0.3 is 13.9 Å². The van der Waals surface area contributed by atoms with Crippen LogP contribution >= 0.6 is 0 Å². The summed E-state index contributed by atoms with van der Waals surface area (Å²) in [5, 5.41) is 0. The molecular weight excluding hydrogens is 336 g/mol. The average Bonchev–Trinajstić information content (AvgIpc) is 3.04. The molecule has 6 nitrogen and oxygen atoms in total. The lowest BCUT2D eigenvalue weighted by atomic mass is 9.53. The van der Waals surface area contributed by atoms with E-state index in [0.717, 1.165) is 0 Å². The molecule has 1 saturated carbocycles. The first kappa shape index (κ1) is 18.7. The normalized spacial score (nSPS) is 33.4. The average molecular weight is 362 g/mol. The van der Waals surface area contributed by atoms with Gasteiger partial charge in [0.05, 0.1) is 12.2 Å². The maximum atomic E-state index is 13.0. The Balaban J connectivity index is 2.06. The van der Waals surface area contributed by atoms with Crippen molar-refractivity contribution >= 4 is 17.7 Å². The van der Waals surface area contributed by atoms with Crippen molar-refractivity contribution in [2.45, 2.75) is 59.7 Å². The lowest BCUT2D eigenvalue weighted by Gasteiger charge is -2.53. The molecule has 2 aliphatic carbocycles. The lowest BCUT2D eigenvalue weighted by molar-refractivity contribution is -0.184. The third kappa shape index (κ3) is 2.75. The maximum Gasteiger partial charge on any atom is 0.309 e. The van der Waals surface area contributed by atoms with Gasteiger partial charge in [-0.15, -0.1) is 0 Å². The smallest absolute Gasteiger partial charge is 0.309 e. The summed E-state index contributed by atoms with van der Waals surface area (Å²) in [6, 6.07) is 1.70. The fraction of sp³-hybridized carbons (Fsp3) is 0.650. The molecule has 1 heterocycles. The number of ether oxygens (including phenoxy) is 2. The van der Waals surface area contributed by atoms with Crippen LogP contribution in [0.25, 0.3) is 0 Å². The van der Waals surface area contributed by atoms with E-state index in [0.29, 0.717) is 18.4 Å². The molecule has 1 aromatic heterocycles. The largest absolute Gasteiger partial charge is 0.462 e. The molecule has 0 N–H and O–H groups in total. The molecule has 1 fully saturated rings. The molecule has 6 heteroatoms. The summed E-state index contributed by atoms with van der Waals surface area (Å²) in [5.41, 5.74) is -0.0604. The minimum absolute atomic E-state index is 0.0579. The van der Waals surface area contributed by atoms with Gasteiger partial charge in [0.1, 0.15) is 12.2 Å². The van der Waals surface area contributed by atoms with Gasteiger partial charge in [-0.3, -0.25) is 14.4 Å². The van der Waals surface area contributed by atoms with Gasteiger partial charge in [-0.1, -0.05) is 27.7 Å². The van der Waals surface area contributed by atoms with Crippen LogP contribution in [0.2, 0.25) is 0 Å². The maximum absolute atomic E-state index is 13.0. The Morgan fingerprint density at radius 1 is 1.27 bits per heavy atom. The summed E-state index contributed by atoms with van der Waals surface area (Å²) in [5.74, 6) is -1.21. The van der Waals surface area contributed by atoms with Gasteiger partial charge in [0, 0.05) is 29.7 Å². The molecule has 26 heavy (non-hydrogen) atoms. The summed E-state index contributed by atoms with van der Waals surface area (Å²) in [7, 11) is 0. The van der Waals surface area contributed by atoms with Crippen molar-refractivity contribution in [2.75, 3.05) is 0 Å². The van der Waals surface area contributed by atoms with Gasteiger partial charge in [0.15, 0.2) is 5.76 Å². The van der Waals surface area contributed by atoms with Crippen molar-refractivity contribution in [1.29, 1.82) is 0 Å². The quantitative estimate of drug-likeness (QED) is 0.763. The molecule has 5 unspecified atom stereocenters. The third-order valence-corrected chi connectivity index (χ3v) is 6.14. The van der Waals surface area contributed by atoms with Crippen LogP contribution in [0.5, 0.6) is 0 Å². The fourth-order valence-corrected chi connectivity index (χ4v) is 4.48. The summed E-state index contributed by atoms with van der Waals surface area (Å²) >= 11 is 0. The van der Waals surface area contributed by atoms with E-state index in [1.807, 2.05) is 13.8 Å². The van der Waals surface area contributed by atoms with Crippen LogP contribution in [0, 0.1) is 23.2 Å². The Morgan fingerprint density at radius 3 is 2.58 bits per heavy atom. The van der Waals surface area contributed by atoms with Gasteiger partial charge in [-0.05, 0) is 18.9 Å². The molecule has 0 aromatic carbocycles. The van der Waals surface area contributed by atoms with Crippen molar-refractivity contribution in [3.05, 3.63) is 23.7 Å². The van der Waals surface area contributed by atoms with E-state index in [1.165, 1.54) is 13.2 Å². The molecule has 2 aliphatic rings. The van der Waals surface area contributed by atoms with E-state index in [-0.39, 0.29) is 47.3 Å². The highest BCUT2D eigenvalue weighted by Gasteiger charge is 2.60. The molecule has 1 aromatic rings. The molecule has 0 amide bonds. The van der Waals surface area contributed by atoms with Gasteiger partial charge in [0.2, 0.25) is 5.78 Å². The van der Waals surface area contributed by atoms with Crippen molar-refractivity contribution in [3.8, 4) is 0 Å². The number of carbonyl (C=O) groups excluding carboxylic acids is 3. The minimum atomic E-state index is -0.670. The Hall–Kier alpha value is -2.11. The molecule has 5 atom stereocenters. The highest BCUT2D eigenvalue weighted by Crippen LogP contribution is 2.59. The topological polar surface area (TPSA) is 82.8 Å². The summed E-state index contributed by atoms with van der Waals surface area (Å²) in [4.78, 5) is 36.9. The third-order valence-electron chi connectivity index (χ3n) is 6.14. The predicted molar refractivity (Wildman–Crippen MR) is 92.3 cm³/mol. The second-order valence-electron chi connectivity index (χ2n) is 7.97. The van der Waals surface area contributed by atoms with E-state index >= 15 is 0 Å². The number of hydrogen-bond acceptors (Lipinski definition) is 6.